The summed E-state index contributed by atoms with van der Waals surface area (Å²) in [4.78, 5) is 4.26. The molecule has 1 aromatic heterocycles. The first-order valence-electron chi connectivity index (χ1n) is 4.73. The van der Waals surface area contributed by atoms with Gasteiger partial charge < -0.3 is 5.73 Å². The van der Waals surface area contributed by atoms with E-state index in [-0.39, 0.29) is 0 Å². The zero-order valence-electron chi connectivity index (χ0n) is 8.15. The molecule has 0 saturated carbocycles. The predicted molar refractivity (Wildman–Crippen MR) is 64.7 cm³/mol. The molecule has 0 amide bonds. The highest BCUT2D eigenvalue weighted by Crippen LogP contribution is 2.08. The molecule has 0 spiro atoms. The lowest BCUT2D eigenvalue weighted by molar-refractivity contribution is 1.21. The van der Waals surface area contributed by atoms with Crippen LogP contribution in [0.1, 0.15) is 6.42 Å². The number of hydrogen-bond acceptors (Lipinski definition) is 2. The second kappa shape index (κ2) is 4.32. The van der Waals surface area contributed by atoms with Crippen molar-refractivity contribution < 1.29 is 0 Å². The molecule has 0 aromatic carbocycles. The van der Waals surface area contributed by atoms with E-state index in [1.165, 1.54) is 0 Å². The fourth-order valence-corrected chi connectivity index (χ4v) is 1.62. The van der Waals surface area contributed by atoms with Crippen LogP contribution in [0.5, 0.6) is 0 Å². The summed E-state index contributed by atoms with van der Waals surface area (Å²) in [6.45, 7) is 0. The van der Waals surface area contributed by atoms with Gasteiger partial charge in [0.15, 0.2) is 0 Å². The summed E-state index contributed by atoms with van der Waals surface area (Å²) in [7, 11) is 0. The number of halogens is 1. The number of hydrogen-bond donors (Lipinski definition) is 1. The highest BCUT2D eigenvalue weighted by Gasteiger charge is 1.99. The molecule has 0 radical (unpaired) electrons. The Morgan fingerprint density at radius 3 is 3.00 bits per heavy atom. The largest absolute Gasteiger partial charge is 0.396 e. The lowest BCUT2D eigenvalue weighted by atomic mass is 10.2. The molecule has 15 heavy (non-hydrogen) atoms. The first-order valence-corrected chi connectivity index (χ1v) is 5.10. The zero-order valence-corrected chi connectivity index (χ0v) is 8.91. The number of nitrogens with two attached hydrogens (primary N) is 1. The van der Waals surface area contributed by atoms with Gasteiger partial charge in [-0.3, -0.25) is 4.98 Å². The van der Waals surface area contributed by atoms with Crippen LogP contribution in [0.4, 0.5) is 5.69 Å². The minimum Gasteiger partial charge on any atom is -0.396 e. The maximum atomic E-state index is 6.12. The summed E-state index contributed by atoms with van der Waals surface area (Å²) < 4.78 is 0. The van der Waals surface area contributed by atoms with E-state index < -0.39 is 0 Å². The first kappa shape index (κ1) is 9.99. The Labute approximate surface area is 93.1 Å². The average Bonchev–Trinajstić information content (AvgIpc) is 2.35. The molecule has 76 valence electrons. The molecule has 0 bridgehead atoms. The van der Waals surface area contributed by atoms with Gasteiger partial charge >= 0.3 is 0 Å². The molecule has 1 aliphatic carbocycles. The van der Waals surface area contributed by atoms with Crippen molar-refractivity contribution >= 4 is 29.4 Å². The number of nitrogens with zero attached hydrogens (tertiary/aromatic N) is 1. The van der Waals surface area contributed by atoms with E-state index in [4.69, 9.17) is 17.3 Å². The summed E-state index contributed by atoms with van der Waals surface area (Å²) in [5.74, 6) is 0. The summed E-state index contributed by atoms with van der Waals surface area (Å²) in [6.07, 6.45) is 14.3. The molecular formula is C12H11ClN2. The van der Waals surface area contributed by atoms with Gasteiger partial charge in [0.1, 0.15) is 0 Å². The minimum atomic E-state index is 0.515. The molecule has 2 N–H and O–H groups in total. The van der Waals surface area contributed by atoms with Gasteiger partial charge in [-0.15, -0.1) is 0 Å². The lowest BCUT2D eigenvalue weighted by Crippen LogP contribution is -2.29. The number of pyridine rings is 1. The van der Waals surface area contributed by atoms with E-state index in [9.17, 15) is 0 Å². The summed E-state index contributed by atoms with van der Waals surface area (Å²) >= 11 is 6.12. The molecular weight excluding hydrogens is 208 g/mol. The summed E-state index contributed by atoms with van der Waals surface area (Å²) in [6, 6.07) is 0. The van der Waals surface area contributed by atoms with E-state index in [2.05, 4.69) is 11.1 Å². The molecule has 0 unspecified atom stereocenters. The fourth-order valence-electron chi connectivity index (χ4n) is 1.41. The Morgan fingerprint density at radius 2 is 2.13 bits per heavy atom. The molecule has 0 saturated heterocycles. The Bertz CT molecular complexity index is 541. The molecule has 1 aliphatic rings. The number of anilines is 1. The van der Waals surface area contributed by atoms with Crippen LogP contribution in [0.3, 0.4) is 0 Å². The number of aromatic nitrogens is 1. The number of allylic oxidation sites excluding steroid dienone is 4. The van der Waals surface area contributed by atoms with Crippen molar-refractivity contribution in [2.75, 3.05) is 5.73 Å². The monoisotopic (exact) mass is 218 g/mol. The van der Waals surface area contributed by atoms with Crippen molar-refractivity contribution in [2.24, 2.45) is 0 Å². The molecule has 3 heteroatoms. The van der Waals surface area contributed by atoms with Crippen LogP contribution in [-0.2, 0) is 0 Å². The number of fused-ring (bicyclic) bond motifs is 1. The topological polar surface area (TPSA) is 38.9 Å². The quantitative estimate of drug-likeness (QED) is 0.715. The van der Waals surface area contributed by atoms with Crippen LogP contribution in [0, 0.1) is 0 Å². The van der Waals surface area contributed by atoms with Gasteiger partial charge in [-0.05, 0) is 6.42 Å². The van der Waals surface area contributed by atoms with Gasteiger partial charge in [-0.25, -0.2) is 0 Å². The van der Waals surface area contributed by atoms with Crippen molar-refractivity contribution in [1.82, 2.24) is 4.98 Å². The van der Waals surface area contributed by atoms with Crippen molar-refractivity contribution in [3.8, 4) is 0 Å². The lowest BCUT2D eigenvalue weighted by Gasteiger charge is -1.98. The third-order valence-electron chi connectivity index (χ3n) is 2.18. The SMILES string of the molecule is Nc1cnc2/c(c1Cl)=C/C=C\C=C/C\C=2. The molecule has 0 atom stereocenters. The standard InChI is InChI=1S/C12H11ClN2/c13-12-9-6-4-2-1-3-5-7-11(9)15-8-10(12)14/h1-4,6-8H,5,14H2/b3-1-,4-2-,9-6-,11-7+. The van der Waals surface area contributed by atoms with Gasteiger partial charge in [0.25, 0.3) is 0 Å². The van der Waals surface area contributed by atoms with E-state index in [0.717, 1.165) is 17.0 Å². The second-order valence-electron chi connectivity index (χ2n) is 3.25. The summed E-state index contributed by atoms with van der Waals surface area (Å²) in [5, 5.41) is 2.34. The molecule has 0 fully saturated rings. The normalized spacial score (nSPS) is 23.0. The van der Waals surface area contributed by atoms with Crippen LogP contribution in [0.25, 0.3) is 12.2 Å². The number of rotatable bonds is 0. The minimum absolute atomic E-state index is 0.515. The fraction of sp³-hybridized carbons (Fsp3) is 0.0833. The van der Waals surface area contributed by atoms with E-state index in [1.807, 2.05) is 30.4 Å². The van der Waals surface area contributed by atoms with Crippen LogP contribution in [0.2, 0.25) is 5.02 Å². The van der Waals surface area contributed by atoms with Crippen molar-refractivity contribution in [2.45, 2.75) is 6.42 Å². The van der Waals surface area contributed by atoms with Gasteiger partial charge in [0.2, 0.25) is 0 Å². The molecule has 2 rings (SSSR count). The van der Waals surface area contributed by atoms with Crippen LogP contribution in [-0.4, -0.2) is 4.98 Å². The van der Waals surface area contributed by atoms with Gasteiger partial charge in [0, 0.05) is 5.22 Å². The van der Waals surface area contributed by atoms with Gasteiger partial charge in [0.05, 0.1) is 22.3 Å². The molecule has 2 nitrogen and oxygen atoms in total. The van der Waals surface area contributed by atoms with Crippen molar-refractivity contribution in [1.29, 1.82) is 0 Å². The van der Waals surface area contributed by atoms with Crippen LogP contribution < -0.4 is 16.3 Å². The van der Waals surface area contributed by atoms with Crippen molar-refractivity contribution in [3.05, 3.63) is 46.1 Å². The highest BCUT2D eigenvalue weighted by molar-refractivity contribution is 6.33. The van der Waals surface area contributed by atoms with E-state index in [0.29, 0.717) is 10.7 Å². The van der Waals surface area contributed by atoms with Gasteiger partial charge in [-0.2, -0.15) is 0 Å². The third-order valence-corrected chi connectivity index (χ3v) is 2.60. The Balaban J connectivity index is 2.78. The smallest absolute Gasteiger partial charge is 0.0745 e. The second-order valence-corrected chi connectivity index (χ2v) is 3.62. The maximum Gasteiger partial charge on any atom is 0.0745 e. The van der Waals surface area contributed by atoms with Crippen molar-refractivity contribution in [3.63, 3.8) is 0 Å². The first-order chi connectivity index (χ1) is 7.29. The van der Waals surface area contributed by atoms with E-state index in [1.54, 1.807) is 6.20 Å². The van der Waals surface area contributed by atoms with Crippen LogP contribution in [0.15, 0.2) is 30.5 Å². The molecule has 1 heterocycles. The maximum absolute atomic E-state index is 6.12. The van der Waals surface area contributed by atoms with Gasteiger partial charge in [-0.1, -0.05) is 48.1 Å². The Hall–Kier alpha value is -1.54. The van der Waals surface area contributed by atoms with Crippen LogP contribution >= 0.6 is 11.6 Å². The zero-order chi connectivity index (χ0) is 10.7. The average molecular weight is 219 g/mol. The molecule has 1 aromatic rings. The van der Waals surface area contributed by atoms with E-state index >= 15 is 0 Å². The third kappa shape index (κ3) is 2.10. The summed E-state index contributed by atoms with van der Waals surface area (Å²) in [5.41, 5.74) is 6.22. The highest BCUT2D eigenvalue weighted by atomic mass is 35.5. The predicted octanol–water partition coefficient (Wildman–Crippen LogP) is 1.39. The number of nitrogen functional groups attached to an aromatic ring is 1. The molecule has 0 aliphatic heterocycles. The Morgan fingerprint density at radius 1 is 1.27 bits per heavy atom. The Kier molecular flexibility index (Phi) is 2.88.